The van der Waals surface area contributed by atoms with Gasteiger partial charge in [0.2, 0.25) is 0 Å². The summed E-state index contributed by atoms with van der Waals surface area (Å²) >= 11 is 0. The molecule has 0 radical (unpaired) electrons. The second-order valence-electron chi connectivity index (χ2n) is 6.96. The Kier molecular flexibility index (Phi) is 10.7. The molecule has 0 aromatic heterocycles. The Morgan fingerprint density at radius 3 is 1.68 bits per heavy atom. The van der Waals surface area contributed by atoms with Crippen LogP contribution < -0.4 is 0 Å². The van der Waals surface area contributed by atoms with Crippen molar-refractivity contribution in [1.82, 2.24) is 14.7 Å². The molecule has 1 saturated heterocycles. The fraction of sp³-hybridized carbons (Fsp3) is 0.889. The van der Waals surface area contributed by atoms with Crippen LogP contribution in [0.2, 0.25) is 0 Å². The average Bonchev–Trinajstić information content (AvgIpc) is 2.63. The van der Waals surface area contributed by atoms with E-state index < -0.39 is 11.9 Å². The molecule has 0 aromatic rings. The van der Waals surface area contributed by atoms with Gasteiger partial charge in [0, 0.05) is 45.3 Å². The summed E-state index contributed by atoms with van der Waals surface area (Å²) in [6, 6.07) is 0.501. The highest BCUT2D eigenvalue weighted by molar-refractivity contribution is 5.69. The number of carboxylic acids is 2. The standard InChI is InChI=1S/C18H35N3O4/c1-3-5-7-16(6-4-2)21-12-10-19(14-17(22)23)8-9-20(11-13-21)15-18(24)25/h16H,3-15H2,1-2H3,(H,22,23)(H,24,25). The Hall–Kier alpha value is -1.18. The third kappa shape index (κ3) is 9.18. The summed E-state index contributed by atoms with van der Waals surface area (Å²) in [4.78, 5) is 28.5. The van der Waals surface area contributed by atoms with Crippen LogP contribution in [-0.4, -0.2) is 95.3 Å². The topological polar surface area (TPSA) is 84.3 Å². The molecule has 0 saturated carbocycles. The van der Waals surface area contributed by atoms with E-state index in [1.54, 1.807) is 0 Å². The van der Waals surface area contributed by atoms with Crippen LogP contribution in [0.3, 0.4) is 0 Å². The van der Waals surface area contributed by atoms with Crippen LogP contribution in [0.4, 0.5) is 0 Å². The van der Waals surface area contributed by atoms with Gasteiger partial charge < -0.3 is 10.2 Å². The molecule has 1 aliphatic rings. The van der Waals surface area contributed by atoms with Crippen molar-refractivity contribution in [3.8, 4) is 0 Å². The molecule has 25 heavy (non-hydrogen) atoms. The Bertz CT molecular complexity index is 378. The van der Waals surface area contributed by atoms with Gasteiger partial charge in [-0.2, -0.15) is 0 Å². The summed E-state index contributed by atoms with van der Waals surface area (Å²) in [5.41, 5.74) is 0. The molecule has 0 aliphatic carbocycles. The fourth-order valence-electron chi connectivity index (χ4n) is 3.50. The minimum absolute atomic E-state index is 0.0160. The van der Waals surface area contributed by atoms with E-state index in [9.17, 15) is 9.59 Å². The summed E-state index contributed by atoms with van der Waals surface area (Å²) < 4.78 is 0. The number of nitrogens with zero attached hydrogens (tertiary/aromatic N) is 3. The molecule has 1 rings (SSSR count). The summed E-state index contributed by atoms with van der Waals surface area (Å²) in [6.07, 6.45) is 5.78. The van der Waals surface area contributed by atoms with E-state index in [4.69, 9.17) is 10.2 Å². The van der Waals surface area contributed by atoms with Gasteiger partial charge in [0.05, 0.1) is 13.1 Å². The van der Waals surface area contributed by atoms with Gasteiger partial charge in [-0.15, -0.1) is 0 Å². The molecule has 0 spiro atoms. The highest BCUT2D eigenvalue weighted by atomic mass is 16.4. The third-order valence-electron chi connectivity index (χ3n) is 4.89. The van der Waals surface area contributed by atoms with Gasteiger partial charge in [-0.05, 0) is 12.8 Å². The number of carbonyl (C=O) groups is 2. The first-order chi connectivity index (χ1) is 12.0. The Morgan fingerprint density at radius 1 is 0.800 bits per heavy atom. The van der Waals surface area contributed by atoms with Crippen LogP contribution in [0.15, 0.2) is 0 Å². The summed E-state index contributed by atoms with van der Waals surface area (Å²) in [7, 11) is 0. The molecule has 0 amide bonds. The maximum Gasteiger partial charge on any atom is 0.317 e. The Morgan fingerprint density at radius 2 is 1.28 bits per heavy atom. The predicted molar refractivity (Wildman–Crippen MR) is 97.9 cm³/mol. The molecular weight excluding hydrogens is 322 g/mol. The summed E-state index contributed by atoms with van der Waals surface area (Å²) in [6.45, 7) is 8.77. The van der Waals surface area contributed by atoms with E-state index in [0.29, 0.717) is 19.1 Å². The second-order valence-corrected chi connectivity index (χ2v) is 6.96. The number of hydrogen-bond acceptors (Lipinski definition) is 5. The van der Waals surface area contributed by atoms with Crippen molar-refractivity contribution in [3.63, 3.8) is 0 Å². The number of rotatable bonds is 10. The average molecular weight is 357 g/mol. The highest BCUT2D eigenvalue weighted by Gasteiger charge is 2.23. The van der Waals surface area contributed by atoms with Gasteiger partial charge in [0.25, 0.3) is 0 Å². The minimum atomic E-state index is -0.827. The quantitative estimate of drug-likeness (QED) is 0.612. The normalized spacial score (nSPS) is 19.8. The lowest BCUT2D eigenvalue weighted by molar-refractivity contribution is -0.140. The van der Waals surface area contributed by atoms with Crippen molar-refractivity contribution in [2.75, 3.05) is 52.4 Å². The largest absolute Gasteiger partial charge is 0.480 e. The molecule has 1 fully saturated rings. The fourth-order valence-corrected chi connectivity index (χ4v) is 3.50. The highest BCUT2D eigenvalue weighted by Crippen LogP contribution is 2.15. The van der Waals surface area contributed by atoms with E-state index >= 15 is 0 Å². The monoisotopic (exact) mass is 357 g/mol. The van der Waals surface area contributed by atoms with Gasteiger partial charge in [-0.25, -0.2) is 0 Å². The van der Waals surface area contributed by atoms with Crippen LogP contribution in [0.25, 0.3) is 0 Å². The maximum absolute atomic E-state index is 11.1. The number of unbranched alkanes of at least 4 members (excludes halogenated alkanes) is 1. The van der Waals surface area contributed by atoms with Crippen molar-refractivity contribution in [2.45, 2.75) is 52.0 Å². The predicted octanol–water partition coefficient (Wildman–Crippen LogP) is 1.43. The lowest BCUT2D eigenvalue weighted by atomic mass is 10.0. The van der Waals surface area contributed by atoms with Gasteiger partial charge in [0.1, 0.15) is 0 Å². The maximum atomic E-state index is 11.1. The Labute approximate surface area is 151 Å². The van der Waals surface area contributed by atoms with Crippen LogP contribution in [0.5, 0.6) is 0 Å². The third-order valence-corrected chi connectivity index (χ3v) is 4.89. The van der Waals surface area contributed by atoms with Crippen molar-refractivity contribution >= 4 is 11.9 Å². The molecule has 7 heteroatoms. The molecule has 7 nitrogen and oxygen atoms in total. The molecule has 1 aliphatic heterocycles. The molecule has 0 aromatic carbocycles. The van der Waals surface area contributed by atoms with Gasteiger partial charge in [-0.3, -0.25) is 24.3 Å². The molecule has 1 atom stereocenters. The number of aliphatic carboxylic acids is 2. The zero-order valence-corrected chi connectivity index (χ0v) is 15.8. The smallest absolute Gasteiger partial charge is 0.317 e. The van der Waals surface area contributed by atoms with Crippen molar-refractivity contribution in [1.29, 1.82) is 0 Å². The first kappa shape index (κ1) is 21.9. The number of hydrogen-bond donors (Lipinski definition) is 2. The van der Waals surface area contributed by atoms with Crippen LogP contribution >= 0.6 is 0 Å². The minimum Gasteiger partial charge on any atom is -0.480 e. The first-order valence-electron chi connectivity index (χ1n) is 9.58. The summed E-state index contributed by atoms with van der Waals surface area (Å²) in [5.74, 6) is -1.65. The van der Waals surface area contributed by atoms with Crippen LogP contribution in [0.1, 0.15) is 46.0 Å². The molecule has 1 heterocycles. The zero-order chi connectivity index (χ0) is 18.7. The van der Waals surface area contributed by atoms with E-state index in [2.05, 4.69) is 18.7 Å². The van der Waals surface area contributed by atoms with E-state index in [-0.39, 0.29) is 13.1 Å². The SMILES string of the molecule is CCCCC(CCC)N1CCN(CC(=O)O)CCN(CC(=O)O)CC1. The van der Waals surface area contributed by atoms with Crippen LogP contribution in [0, 0.1) is 0 Å². The van der Waals surface area contributed by atoms with Gasteiger partial charge >= 0.3 is 11.9 Å². The lowest BCUT2D eigenvalue weighted by Crippen LogP contribution is -2.43. The summed E-state index contributed by atoms with van der Waals surface area (Å²) in [5, 5.41) is 18.2. The lowest BCUT2D eigenvalue weighted by Gasteiger charge is -2.33. The van der Waals surface area contributed by atoms with E-state index in [0.717, 1.165) is 45.4 Å². The van der Waals surface area contributed by atoms with E-state index in [1.807, 2.05) is 9.80 Å². The Balaban J connectivity index is 2.81. The van der Waals surface area contributed by atoms with Crippen LogP contribution in [-0.2, 0) is 9.59 Å². The molecule has 2 N–H and O–H groups in total. The second kappa shape index (κ2) is 12.2. The van der Waals surface area contributed by atoms with Gasteiger partial charge in [-0.1, -0.05) is 33.1 Å². The molecular formula is C18H35N3O4. The van der Waals surface area contributed by atoms with E-state index in [1.165, 1.54) is 12.8 Å². The van der Waals surface area contributed by atoms with Crippen molar-refractivity contribution in [3.05, 3.63) is 0 Å². The first-order valence-corrected chi connectivity index (χ1v) is 9.58. The van der Waals surface area contributed by atoms with Gasteiger partial charge in [0.15, 0.2) is 0 Å². The number of carboxylic acid groups (broad SMARTS) is 2. The van der Waals surface area contributed by atoms with Crippen molar-refractivity contribution < 1.29 is 19.8 Å². The molecule has 1 unspecified atom stereocenters. The molecule has 0 bridgehead atoms. The zero-order valence-electron chi connectivity index (χ0n) is 15.8. The molecule has 146 valence electrons. The van der Waals surface area contributed by atoms with Crippen molar-refractivity contribution in [2.24, 2.45) is 0 Å².